The summed E-state index contributed by atoms with van der Waals surface area (Å²) in [5.74, 6) is 0.585. The van der Waals surface area contributed by atoms with E-state index in [0.717, 1.165) is 24.7 Å². The Balaban J connectivity index is 3.64. The summed E-state index contributed by atoms with van der Waals surface area (Å²) >= 11 is 0. The Labute approximate surface area is 88.6 Å². The Morgan fingerprint density at radius 3 is 2.43 bits per heavy atom. The maximum atomic E-state index is 10.7. The lowest BCUT2D eigenvalue weighted by molar-refractivity contribution is -0.105. The largest absolute Gasteiger partial charge is 0.298 e. The van der Waals surface area contributed by atoms with Gasteiger partial charge in [-0.25, -0.2) is 0 Å². The molecule has 0 unspecified atom stereocenters. The highest BCUT2D eigenvalue weighted by Gasteiger charge is 1.98. The van der Waals surface area contributed by atoms with Crippen LogP contribution in [0.4, 0.5) is 0 Å². The summed E-state index contributed by atoms with van der Waals surface area (Å²) in [6, 6.07) is 0. The number of rotatable bonds is 8. The number of aldehydes is 1. The van der Waals surface area contributed by atoms with Gasteiger partial charge in [-0.15, -0.1) is 0 Å². The molecular weight excluding hydrogens is 172 g/mol. The van der Waals surface area contributed by atoms with Crippen LogP contribution in [0.15, 0.2) is 11.6 Å². The molecule has 0 atom stereocenters. The second-order valence-corrected chi connectivity index (χ2v) is 4.34. The van der Waals surface area contributed by atoms with Gasteiger partial charge in [-0.3, -0.25) is 4.79 Å². The molecule has 0 aromatic rings. The molecule has 0 spiro atoms. The predicted octanol–water partition coefficient (Wildman–Crippen LogP) is 4.13. The molecule has 0 aliphatic carbocycles. The van der Waals surface area contributed by atoms with E-state index < -0.39 is 0 Å². The zero-order valence-electron chi connectivity index (χ0n) is 9.88. The van der Waals surface area contributed by atoms with Crippen LogP contribution in [0.25, 0.3) is 0 Å². The highest BCUT2D eigenvalue weighted by molar-refractivity contribution is 5.72. The van der Waals surface area contributed by atoms with E-state index in [9.17, 15) is 4.79 Å². The number of hydrogen-bond donors (Lipinski definition) is 0. The Hall–Kier alpha value is -0.590. The molecule has 0 saturated heterocycles. The first kappa shape index (κ1) is 13.4. The molecule has 82 valence electrons. The van der Waals surface area contributed by atoms with E-state index in [1.165, 1.54) is 25.7 Å². The number of unbranched alkanes of at least 4 members (excludes halogenated alkanes) is 4. The summed E-state index contributed by atoms with van der Waals surface area (Å²) in [5, 5.41) is 0. The van der Waals surface area contributed by atoms with Crippen LogP contribution in [-0.2, 0) is 4.79 Å². The molecule has 0 bridgehead atoms. The molecule has 14 heavy (non-hydrogen) atoms. The topological polar surface area (TPSA) is 17.1 Å². The lowest BCUT2D eigenvalue weighted by atomic mass is 10.0. The third-order valence-corrected chi connectivity index (χ3v) is 2.26. The van der Waals surface area contributed by atoms with Gasteiger partial charge in [-0.05, 0) is 30.8 Å². The minimum Gasteiger partial charge on any atom is -0.298 e. The van der Waals surface area contributed by atoms with Crippen LogP contribution in [0.2, 0.25) is 0 Å². The zero-order chi connectivity index (χ0) is 10.8. The molecule has 0 aliphatic heterocycles. The molecule has 1 nitrogen and oxygen atoms in total. The summed E-state index contributed by atoms with van der Waals surface area (Å²) in [6.45, 7) is 6.51. The third kappa shape index (κ3) is 8.03. The lowest BCUT2D eigenvalue weighted by Crippen LogP contribution is -1.92. The molecule has 0 amide bonds. The van der Waals surface area contributed by atoms with Gasteiger partial charge < -0.3 is 0 Å². The van der Waals surface area contributed by atoms with E-state index in [-0.39, 0.29) is 0 Å². The summed E-state index contributed by atoms with van der Waals surface area (Å²) < 4.78 is 0. The van der Waals surface area contributed by atoms with Crippen molar-refractivity contribution in [2.75, 3.05) is 0 Å². The van der Waals surface area contributed by atoms with Crippen LogP contribution in [0.5, 0.6) is 0 Å². The zero-order valence-corrected chi connectivity index (χ0v) is 9.88. The standard InChI is InChI=1S/C13H24O/c1-4-5-6-7-8-9-13(11-14)10-12(2)3/h9,11-12H,4-8,10H2,1-3H3/b13-9-. The fraction of sp³-hybridized carbons (Fsp3) is 0.769. The third-order valence-electron chi connectivity index (χ3n) is 2.26. The average Bonchev–Trinajstić information content (AvgIpc) is 2.15. The molecule has 0 aromatic carbocycles. The van der Waals surface area contributed by atoms with Gasteiger partial charge in [0.1, 0.15) is 6.29 Å². The van der Waals surface area contributed by atoms with Crippen molar-refractivity contribution in [1.82, 2.24) is 0 Å². The number of allylic oxidation sites excluding steroid dienone is 2. The monoisotopic (exact) mass is 196 g/mol. The van der Waals surface area contributed by atoms with E-state index in [2.05, 4.69) is 26.8 Å². The minimum atomic E-state index is 0.585. The highest BCUT2D eigenvalue weighted by Crippen LogP contribution is 2.11. The predicted molar refractivity (Wildman–Crippen MR) is 62.4 cm³/mol. The van der Waals surface area contributed by atoms with Crippen molar-refractivity contribution >= 4 is 6.29 Å². The molecule has 0 N–H and O–H groups in total. The van der Waals surface area contributed by atoms with E-state index in [0.29, 0.717) is 5.92 Å². The Morgan fingerprint density at radius 2 is 1.93 bits per heavy atom. The lowest BCUT2D eigenvalue weighted by Gasteiger charge is -2.03. The van der Waals surface area contributed by atoms with E-state index in [1.807, 2.05) is 0 Å². The smallest absolute Gasteiger partial charge is 0.145 e. The SMILES string of the molecule is CCCCCC/C=C(\C=O)CC(C)C. The first-order chi connectivity index (χ1) is 6.70. The molecule has 0 heterocycles. The van der Waals surface area contributed by atoms with Crippen LogP contribution < -0.4 is 0 Å². The fourth-order valence-corrected chi connectivity index (χ4v) is 1.51. The van der Waals surface area contributed by atoms with Gasteiger partial charge in [-0.1, -0.05) is 46.1 Å². The van der Waals surface area contributed by atoms with Crippen LogP contribution in [-0.4, -0.2) is 6.29 Å². The first-order valence-electron chi connectivity index (χ1n) is 5.84. The molecule has 0 saturated carbocycles. The van der Waals surface area contributed by atoms with Crippen molar-refractivity contribution in [1.29, 1.82) is 0 Å². The fourth-order valence-electron chi connectivity index (χ4n) is 1.51. The Bertz CT molecular complexity index is 168. The van der Waals surface area contributed by atoms with Crippen molar-refractivity contribution in [3.8, 4) is 0 Å². The van der Waals surface area contributed by atoms with Crippen LogP contribution >= 0.6 is 0 Å². The number of carbonyl (C=O) groups excluding carboxylic acids is 1. The van der Waals surface area contributed by atoms with Crippen molar-refractivity contribution < 1.29 is 4.79 Å². The van der Waals surface area contributed by atoms with Crippen molar-refractivity contribution in [2.45, 2.75) is 59.3 Å². The van der Waals surface area contributed by atoms with Gasteiger partial charge in [0.15, 0.2) is 0 Å². The molecule has 0 fully saturated rings. The van der Waals surface area contributed by atoms with Gasteiger partial charge in [0.05, 0.1) is 0 Å². The van der Waals surface area contributed by atoms with Gasteiger partial charge in [-0.2, -0.15) is 0 Å². The Morgan fingerprint density at radius 1 is 1.21 bits per heavy atom. The molecule has 1 heteroatoms. The maximum absolute atomic E-state index is 10.7. The van der Waals surface area contributed by atoms with Crippen molar-refractivity contribution in [2.24, 2.45) is 5.92 Å². The summed E-state index contributed by atoms with van der Waals surface area (Å²) in [5.41, 5.74) is 0.983. The molecular formula is C13H24O. The highest BCUT2D eigenvalue weighted by atomic mass is 16.1. The van der Waals surface area contributed by atoms with Gasteiger partial charge >= 0.3 is 0 Å². The minimum absolute atomic E-state index is 0.585. The van der Waals surface area contributed by atoms with E-state index in [1.54, 1.807) is 0 Å². The summed E-state index contributed by atoms with van der Waals surface area (Å²) in [6.07, 6.45) is 10.2. The van der Waals surface area contributed by atoms with Gasteiger partial charge in [0.25, 0.3) is 0 Å². The second kappa shape index (κ2) is 8.98. The van der Waals surface area contributed by atoms with Gasteiger partial charge in [0.2, 0.25) is 0 Å². The number of carbonyl (C=O) groups is 1. The summed E-state index contributed by atoms with van der Waals surface area (Å²) in [7, 11) is 0. The summed E-state index contributed by atoms with van der Waals surface area (Å²) in [4.78, 5) is 10.7. The Kier molecular flexibility index (Phi) is 8.61. The first-order valence-corrected chi connectivity index (χ1v) is 5.84. The van der Waals surface area contributed by atoms with Crippen LogP contribution in [0.1, 0.15) is 59.3 Å². The maximum Gasteiger partial charge on any atom is 0.145 e. The second-order valence-electron chi connectivity index (χ2n) is 4.34. The van der Waals surface area contributed by atoms with E-state index in [4.69, 9.17) is 0 Å². The van der Waals surface area contributed by atoms with E-state index >= 15 is 0 Å². The van der Waals surface area contributed by atoms with Gasteiger partial charge in [0, 0.05) is 0 Å². The average molecular weight is 196 g/mol. The number of hydrogen-bond acceptors (Lipinski definition) is 1. The van der Waals surface area contributed by atoms with Crippen LogP contribution in [0, 0.1) is 5.92 Å². The van der Waals surface area contributed by atoms with Crippen molar-refractivity contribution in [3.63, 3.8) is 0 Å². The van der Waals surface area contributed by atoms with Crippen LogP contribution in [0.3, 0.4) is 0 Å². The molecule has 0 aromatic heterocycles. The normalized spacial score (nSPS) is 12.1. The molecule has 0 rings (SSSR count). The van der Waals surface area contributed by atoms with Crippen molar-refractivity contribution in [3.05, 3.63) is 11.6 Å². The quantitative estimate of drug-likeness (QED) is 0.324. The molecule has 0 radical (unpaired) electrons. The molecule has 0 aliphatic rings.